The van der Waals surface area contributed by atoms with Crippen LogP contribution >= 0.6 is 11.6 Å². The number of likely N-dealkylation sites (N-methyl/N-ethyl adjacent to an activating group) is 1. The molecule has 1 aromatic rings. The summed E-state index contributed by atoms with van der Waals surface area (Å²) in [5, 5.41) is 1.40. The van der Waals surface area contributed by atoms with Gasteiger partial charge < -0.3 is 5.32 Å². The van der Waals surface area contributed by atoms with Crippen molar-refractivity contribution in [1.29, 1.82) is 0 Å². The molecule has 12 heteroatoms. The minimum Gasteiger partial charge on any atom is -0.346 e. The summed E-state index contributed by atoms with van der Waals surface area (Å²) in [6, 6.07) is 0. The number of aromatic nitrogens is 2. The zero-order valence-corrected chi connectivity index (χ0v) is 12.1. The first-order chi connectivity index (χ1) is 9.52. The summed E-state index contributed by atoms with van der Waals surface area (Å²) in [4.78, 5) is 17.9. The van der Waals surface area contributed by atoms with Crippen LogP contribution in [0.2, 0.25) is 5.28 Å². The standard InChI is InChI=1S/C9H10ClF3N4O3S/c1-17(4-7(18)16-5-9(11,12)13)21(19,20)6-2-14-8(10)15-3-6/h2-3H,4-5H2,1H3,(H,16,18). The van der Waals surface area contributed by atoms with Gasteiger partial charge in [0.15, 0.2) is 0 Å². The van der Waals surface area contributed by atoms with Gasteiger partial charge in [-0.25, -0.2) is 18.4 Å². The summed E-state index contributed by atoms with van der Waals surface area (Å²) in [6.45, 7) is -2.31. The third-order valence-corrected chi connectivity index (χ3v) is 4.11. The van der Waals surface area contributed by atoms with Crippen LogP contribution in [0, 0.1) is 0 Å². The molecule has 0 saturated carbocycles. The number of alkyl halides is 3. The first-order valence-corrected chi connectivity index (χ1v) is 7.11. The van der Waals surface area contributed by atoms with E-state index in [0.29, 0.717) is 4.31 Å². The summed E-state index contributed by atoms with van der Waals surface area (Å²) < 4.78 is 60.3. The van der Waals surface area contributed by atoms with Crippen LogP contribution in [0.5, 0.6) is 0 Å². The quantitative estimate of drug-likeness (QED) is 0.780. The molecule has 0 saturated heterocycles. The van der Waals surface area contributed by atoms with E-state index < -0.39 is 35.2 Å². The molecular formula is C9H10ClF3N4O3S. The maximum absolute atomic E-state index is 12.0. The highest BCUT2D eigenvalue weighted by Gasteiger charge is 2.29. The van der Waals surface area contributed by atoms with E-state index in [9.17, 15) is 26.4 Å². The van der Waals surface area contributed by atoms with Crippen LogP contribution in [0.4, 0.5) is 13.2 Å². The van der Waals surface area contributed by atoms with Crippen LogP contribution in [-0.2, 0) is 14.8 Å². The predicted octanol–water partition coefficient (Wildman–Crippen LogP) is 0.429. The molecule has 0 bridgehead atoms. The SMILES string of the molecule is CN(CC(=O)NCC(F)(F)F)S(=O)(=O)c1cnc(Cl)nc1. The summed E-state index contributed by atoms with van der Waals surface area (Å²) in [5.74, 6) is -1.09. The van der Waals surface area contributed by atoms with E-state index in [1.165, 1.54) is 0 Å². The lowest BCUT2D eigenvalue weighted by atomic mass is 10.5. The molecule has 0 unspecified atom stereocenters. The average molecular weight is 347 g/mol. The van der Waals surface area contributed by atoms with E-state index in [0.717, 1.165) is 19.4 Å². The number of sulfonamides is 1. The van der Waals surface area contributed by atoms with Gasteiger partial charge in [-0.15, -0.1) is 0 Å². The lowest BCUT2D eigenvalue weighted by Gasteiger charge is -2.16. The van der Waals surface area contributed by atoms with Gasteiger partial charge in [-0.2, -0.15) is 17.5 Å². The van der Waals surface area contributed by atoms with Crippen molar-refractivity contribution in [2.75, 3.05) is 20.1 Å². The molecule has 0 aliphatic carbocycles. The molecular weight excluding hydrogens is 337 g/mol. The Kier molecular flexibility index (Phi) is 5.48. The third kappa shape index (κ3) is 5.44. The maximum Gasteiger partial charge on any atom is 0.405 e. The lowest BCUT2D eigenvalue weighted by Crippen LogP contribution is -2.41. The zero-order chi connectivity index (χ0) is 16.3. The fourth-order valence-electron chi connectivity index (χ4n) is 1.16. The second kappa shape index (κ2) is 6.54. The van der Waals surface area contributed by atoms with Gasteiger partial charge >= 0.3 is 6.18 Å². The second-order valence-corrected chi connectivity index (χ2v) is 6.22. The minimum atomic E-state index is -4.57. The predicted molar refractivity (Wildman–Crippen MR) is 65.9 cm³/mol. The molecule has 0 aliphatic rings. The Morgan fingerprint density at radius 1 is 1.38 bits per heavy atom. The molecule has 0 spiro atoms. The number of carbonyl (C=O) groups is 1. The molecule has 1 amide bonds. The number of hydrogen-bond acceptors (Lipinski definition) is 5. The molecule has 118 valence electrons. The molecule has 7 nitrogen and oxygen atoms in total. The van der Waals surface area contributed by atoms with Crippen LogP contribution in [0.3, 0.4) is 0 Å². The molecule has 1 aromatic heterocycles. The Bertz CT molecular complexity index is 606. The highest BCUT2D eigenvalue weighted by molar-refractivity contribution is 7.89. The number of rotatable bonds is 5. The molecule has 0 fully saturated rings. The Morgan fingerprint density at radius 2 is 1.90 bits per heavy atom. The maximum atomic E-state index is 12.0. The summed E-state index contributed by atoms with van der Waals surface area (Å²) in [6.07, 6.45) is -2.72. The molecule has 21 heavy (non-hydrogen) atoms. The van der Waals surface area contributed by atoms with E-state index in [4.69, 9.17) is 11.6 Å². The smallest absolute Gasteiger partial charge is 0.346 e. The van der Waals surface area contributed by atoms with Crippen molar-refractivity contribution in [2.45, 2.75) is 11.1 Å². The monoisotopic (exact) mass is 346 g/mol. The van der Waals surface area contributed by atoms with Crippen molar-refractivity contribution in [3.05, 3.63) is 17.7 Å². The highest BCUT2D eigenvalue weighted by Crippen LogP contribution is 2.14. The molecule has 0 aliphatic heterocycles. The van der Waals surface area contributed by atoms with E-state index in [1.807, 2.05) is 0 Å². The van der Waals surface area contributed by atoms with Gasteiger partial charge in [0.05, 0.1) is 18.9 Å². The summed E-state index contributed by atoms with van der Waals surface area (Å²) >= 11 is 5.41. The van der Waals surface area contributed by atoms with Gasteiger partial charge in [0.25, 0.3) is 0 Å². The van der Waals surface area contributed by atoms with Gasteiger partial charge in [0.1, 0.15) is 11.4 Å². The number of nitrogens with zero attached hydrogens (tertiary/aromatic N) is 3. The molecule has 0 atom stereocenters. The van der Waals surface area contributed by atoms with Gasteiger partial charge in [-0.3, -0.25) is 4.79 Å². The van der Waals surface area contributed by atoms with Crippen LogP contribution < -0.4 is 5.32 Å². The van der Waals surface area contributed by atoms with E-state index in [-0.39, 0.29) is 10.2 Å². The highest BCUT2D eigenvalue weighted by atomic mass is 35.5. The van der Waals surface area contributed by atoms with Gasteiger partial charge in [-0.1, -0.05) is 0 Å². The largest absolute Gasteiger partial charge is 0.405 e. The number of carbonyl (C=O) groups excluding carboxylic acids is 1. The Labute approximate surface area is 123 Å². The van der Waals surface area contributed by atoms with Crippen molar-refractivity contribution in [3.8, 4) is 0 Å². The number of hydrogen-bond donors (Lipinski definition) is 1. The van der Waals surface area contributed by atoms with Crippen molar-refractivity contribution < 1.29 is 26.4 Å². The van der Waals surface area contributed by atoms with Gasteiger partial charge in [0, 0.05) is 7.05 Å². The van der Waals surface area contributed by atoms with E-state index in [2.05, 4.69) is 9.97 Å². The molecule has 1 rings (SSSR count). The second-order valence-electron chi connectivity index (χ2n) is 3.84. The minimum absolute atomic E-state index is 0.167. The fourth-order valence-corrected chi connectivity index (χ4v) is 2.27. The number of nitrogens with one attached hydrogen (secondary N) is 1. The lowest BCUT2D eigenvalue weighted by molar-refractivity contribution is -0.138. The molecule has 0 radical (unpaired) electrons. The van der Waals surface area contributed by atoms with Gasteiger partial charge in [-0.05, 0) is 11.6 Å². The van der Waals surface area contributed by atoms with Crippen LogP contribution in [0.1, 0.15) is 0 Å². The first kappa shape index (κ1) is 17.6. The Morgan fingerprint density at radius 3 is 2.38 bits per heavy atom. The summed E-state index contributed by atoms with van der Waals surface area (Å²) in [7, 11) is -3.06. The van der Waals surface area contributed by atoms with Crippen LogP contribution in [-0.4, -0.2) is 54.9 Å². The van der Waals surface area contributed by atoms with E-state index in [1.54, 1.807) is 5.32 Å². The van der Waals surface area contributed by atoms with Crippen LogP contribution in [0.15, 0.2) is 17.3 Å². The Balaban J connectivity index is 2.72. The van der Waals surface area contributed by atoms with Crippen molar-refractivity contribution in [3.63, 3.8) is 0 Å². The fraction of sp³-hybridized carbons (Fsp3) is 0.444. The van der Waals surface area contributed by atoms with Crippen molar-refractivity contribution in [2.24, 2.45) is 0 Å². The van der Waals surface area contributed by atoms with Crippen molar-refractivity contribution >= 4 is 27.5 Å². The molecule has 1 N–H and O–H groups in total. The number of amides is 1. The topological polar surface area (TPSA) is 92.3 Å². The average Bonchev–Trinajstić information content (AvgIpc) is 2.36. The molecule has 1 heterocycles. The normalized spacial score (nSPS) is 12.5. The van der Waals surface area contributed by atoms with Gasteiger partial charge in [0.2, 0.25) is 21.2 Å². The van der Waals surface area contributed by atoms with Crippen molar-refractivity contribution in [1.82, 2.24) is 19.6 Å². The third-order valence-electron chi connectivity index (χ3n) is 2.16. The number of halogens is 4. The first-order valence-electron chi connectivity index (χ1n) is 5.30. The Hall–Kier alpha value is -1.46. The molecule has 0 aromatic carbocycles. The zero-order valence-electron chi connectivity index (χ0n) is 10.6. The van der Waals surface area contributed by atoms with Crippen LogP contribution in [0.25, 0.3) is 0 Å². The summed E-state index contributed by atoms with van der Waals surface area (Å²) in [5.41, 5.74) is 0. The van der Waals surface area contributed by atoms with E-state index >= 15 is 0 Å².